The van der Waals surface area contributed by atoms with Crippen molar-refractivity contribution in [2.75, 3.05) is 6.54 Å². The zero-order valence-corrected chi connectivity index (χ0v) is 13.7. The third-order valence-electron chi connectivity index (χ3n) is 3.24. The molecule has 112 valence electrons. The lowest BCUT2D eigenvalue weighted by molar-refractivity contribution is 0.547. The molecule has 0 heterocycles. The second-order valence-corrected chi connectivity index (χ2v) is 5.91. The number of halogens is 4. The van der Waals surface area contributed by atoms with Gasteiger partial charge in [0.2, 0.25) is 0 Å². The molecular weight excluding hydrogens is 332 g/mol. The molecule has 0 aliphatic heterocycles. The molecule has 0 fully saturated rings. The summed E-state index contributed by atoms with van der Waals surface area (Å²) in [5, 5.41) is 4.67. The Labute approximate surface area is 139 Å². The van der Waals surface area contributed by atoms with E-state index < -0.39 is 5.82 Å². The minimum Gasteiger partial charge on any atom is -0.310 e. The zero-order valence-electron chi connectivity index (χ0n) is 11.5. The molecule has 2 rings (SSSR count). The normalized spacial score (nSPS) is 12.4. The Balaban J connectivity index is 2.33. The van der Waals surface area contributed by atoms with Gasteiger partial charge in [-0.15, -0.1) is 0 Å². The third kappa shape index (κ3) is 4.10. The quantitative estimate of drug-likeness (QED) is 0.734. The Morgan fingerprint density at radius 2 is 1.90 bits per heavy atom. The summed E-state index contributed by atoms with van der Waals surface area (Å²) < 4.78 is 13.6. The molecule has 0 aliphatic rings. The van der Waals surface area contributed by atoms with Gasteiger partial charge in [-0.3, -0.25) is 0 Å². The van der Waals surface area contributed by atoms with Crippen LogP contribution in [0.1, 0.15) is 24.1 Å². The van der Waals surface area contributed by atoms with Crippen LogP contribution in [0.15, 0.2) is 36.4 Å². The molecule has 21 heavy (non-hydrogen) atoms. The fourth-order valence-corrected chi connectivity index (χ4v) is 2.99. The Hall–Kier alpha value is -0.800. The molecule has 0 saturated heterocycles. The van der Waals surface area contributed by atoms with Crippen LogP contribution in [0.25, 0.3) is 0 Å². The van der Waals surface area contributed by atoms with Crippen molar-refractivity contribution in [3.05, 3.63) is 68.4 Å². The van der Waals surface area contributed by atoms with Gasteiger partial charge >= 0.3 is 0 Å². The lowest BCUT2D eigenvalue weighted by Gasteiger charge is -2.20. The van der Waals surface area contributed by atoms with Crippen molar-refractivity contribution in [1.82, 2.24) is 5.32 Å². The molecule has 0 amide bonds. The van der Waals surface area contributed by atoms with Crippen molar-refractivity contribution in [2.24, 2.45) is 0 Å². The molecular formula is C16H15Cl3FN. The summed E-state index contributed by atoms with van der Waals surface area (Å²) >= 11 is 18.2. The summed E-state index contributed by atoms with van der Waals surface area (Å²) in [6.45, 7) is 2.76. The van der Waals surface area contributed by atoms with E-state index in [-0.39, 0.29) is 11.1 Å². The van der Waals surface area contributed by atoms with Gasteiger partial charge in [-0.2, -0.15) is 0 Å². The van der Waals surface area contributed by atoms with Crippen molar-refractivity contribution in [1.29, 1.82) is 0 Å². The SMILES string of the molecule is CCNC(Cc1cccc(F)c1Cl)c1ccc(Cl)cc1Cl. The minimum absolute atomic E-state index is 0.0564. The van der Waals surface area contributed by atoms with Crippen LogP contribution < -0.4 is 5.32 Å². The molecule has 0 saturated carbocycles. The first-order chi connectivity index (χ1) is 10.0. The Bertz CT molecular complexity index is 631. The number of hydrogen-bond donors (Lipinski definition) is 1. The highest BCUT2D eigenvalue weighted by molar-refractivity contribution is 6.35. The zero-order chi connectivity index (χ0) is 15.4. The third-order valence-corrected chi connectivity index (χ3v) is 4.23. The number of rotatable bonds is 5. The first kappa shape index (κ1) is 16.6. The van der Waals surface area contributed by atoms with Crippen LogP contribution in [-0.2, 0) is 6.42 Å². The molecule has 0 aromatic heterocycles. The molecule has 0 spiro atoms. The monoisotopic (exact) mass is 345 g/mol. The van der Waals surface area contributed by atoms with Gasteiger partial charge in [0.25, 0.3) is 0 Å². The number of nitrogens with one attached hydrogen (secondary N) is 1. The molecule has 5 heteroatoms. The van der Waals surface area contributed by atoms with Crippen molar-refractivity contribution in [3.8, 4) is 0 Å². The first-order valence-corrected chi connectivity index (χ1v) is 7.77. The van der Waals surface area contributed by atoms with Gasteiger partial charge in [0.05, 0.1) is 5.02 Å². The topological polar surface area (TPSA) is 12.0 Å². The van der Waals surface area contributed by atoms with E-state index in [2.05, 4.69) is 5.32 Å². The van der Waals surface area contributed by atoms with Gasteiger partial charge in [0.15, 0.2) is 0 Å². The van der Waals surface area contributed by atoms with Crippen molar-refractivity contribution in [3.63, 3.8) is 0 Å². The summed E-state index contributed by atoms with van der Waals surface area (Å²) in [7, 11) is 0. The lowest BCUT2D eigenvalue weighted by Crippen LogP contribution is -2.23. The van der Waals surface area contributed by atoms with Gasteiger partial charge in [-0.25, -0.2) is 4.39 Å². The highest BCUT2D eigenvalue weighted by atomic mass is 35.5. The van der Waals surface area contributed by atoms with Gasteiger partial charge in [0.1, 0.15) is 5.82 Å². The first-order valence-electron chi connectivity index (χ1n) is 6.64. The van der Waals surface area contributed by atoms with Crippen LogP contribution in [0.3, 0.4) is 0 Å². The molecule has 1 atom stereocenters. The van der Waals surface area contributed by atoms with Crippen LogP contribution in [0, 0.1) is 5.82 Å². The maximum Gasteiger partial charge on any atom is 0.142 e. The van der Waals surface area contributed by atoms with Crippen molar-refractivity contribution < 1.29 is 4.39 Å². The van der Waals surface area contributed by atoms with Gasteiger partial charge in [-0.05, 0) is 42.3 Å². The van der Waals surface area contributed by atoms with E-state index >= 15 is 0 Å². The van der Waals surface area contributed by atoms with E-state index in [4.69, 9.17) is 34.8 Å². The summed E-state index contributed by atoms with van der Waals surface area (Å²) in [5.41, 5.74) is 1.66. The Kier molecular flexibility index (Phi) is 5.88. The molecule has 0 radical (unpaired) electrons. The summed E-state index contributed by atoms with van der Waals surface area (Å²) in [6, 6.07) is 10.1. The molecule has 1 N–H and O–H groups in total. The lowest BCUT2D eigenvalue weighted by atomic mass is 9.98. The number of likely N-dealkylation sites (N-methyl/N-ethyl adjacent to an activating group) is 1. The fourth-order valence-electron chi connectivity index (χ4n) is 2.25. The predicted molar refractivity (Wildman–Crippen MR) is 88.0 cm³/mol. The summed E-state index contributed by atoms with van der Waals surface area (Å²) in [4.78, 5) is 0. The molecule has 1 unspecified atom stereocenters. The largest absolute Gasteiger partial charge is 0.310 e. The predicted octanol–water partition coefficient (Wildman–Crippen LogP) is 5.68. The van der Waals surface area contributed by atoms with Crippen LogP contribution in [0.5, 0.6) is 0 Å². The van der Waals surface area contributed by atoms with Crippen LogP contribution in [0.4, 0.5) is 4.39 Å². The Morgan fingerprint density at radius 1 is 1.14 bits per heavy atom. The van der Waals surface area contributed by atoms with Gasteiger partial charge < -0.3 is 5.32 Å². The average Bonchev–Trinajstić information content (AvgIpc) is 2.43. The smallest absolute Gasteiger partial charge is 0.142 e. The number of benzene rings is 2. The summed E-state index contributed by atoms with van der Waals surface area (Å²) in [5.74, 6) is -0.411. The molecule has 1 nitrogen and oxygen atoms in total. The van der Waals surface area contributed by atoms with Gasteiger partial charge in [-0.1, -0.05) is 59.9 Å². The second-order valence-electron chi connectivity index (χ2n) is 4.69. The van der Waals surface area contributed by atoms with E-state index in [1.807, 2.05) is 19.1 Å². The maximum absolute atomic E-state index is 13.6. The van der Waals surface area contributed by atoms with Gasteiger partial charge in [0, 0.05) is 16.1 Å². The maximum atomic E-state index is 13.6. The average molecular weight is 347 g/mol. The number of hydrogen-bond acceptors (Lipinski definition) is 1. The molecule has 0 bridgehead atoms. The molecule has 2 aromatic rings. The summed E-state index contributed by atoms with van der Waals surface area (Å²) in [6.07, 6.45) is 0.547. The van der Waals surface area contributed by atoms with E-state index in [1.54, 1.807) is 18.2 Å². The van der Waals surface area contributed by atoms with Crippen LogP contribution in [0.2, 0.25) is 15.1 Å². The van der Waals surface area contributed by atoms with E-state index in [0.717, 1.165) is 17.7 Å². The Morgan fingerprint density at radius 3 is 2.57 bits per heavy atom. The standard InChI is InChI=1S/C16H15Cl3FN/c1-2-21-15(12-7-6-11(17)9-13(12)18)8-10-4-3-5-14(20)16(10)19/h3-7,9,15,21H,2,8H2,1H3. The highest BCUT2D eigenvalue weighted by Gasteiger charge is 2.17. The van der Waals surface area contributed by atoms with Crippen molar-refractivity contribution >= 4 is 34.8 Å². The van der Waals surface area contributed by atoms with Crippen LogP contribution in [-0.4, -0.2) is 6.54 Å². The fraction of sp³-hybridized carbons (Fsp3) is 0.250. The molecule has 0 aliphatic carbocycles. The van der Waals surface area contributed by atoms with E-state index in [0.29, 0.717) is 16.5 Å². The molecule has 2 aromatic carbocycles. The van der Waals surface area contributed by atoms with Crippen molar-refractivity contribution in [2.45, 2.75) is 19.4 Å². The van der Waals surface area contributed by atoms with E-state index in [1.165, 1.54) is 6.07 Å². The minimum atomic E-state index is -0.411. The highest BCUT2D eigenvalue weighted by Crippen LogP contribution is 2.30. The van der Waals surface area contributed by atoms with Crippen LogP contribution >= 0.6 is 34.8 Å². The van der Waals surface area contributed by atoms with E-state index in [9.17, 15) is 4.39 Å². The second kappa shape index (κ2) is 7.46.